The van der Waals surface area contributed by atoms with Gasteiger partial charge < -0.3 is 16.0 Å². The van der Waals surface area contributed by atoms with Crippen molar-refractivity contribution in [3.8, 4) is 6.07 Å². The predicted molar refractivity (Wildman–Crippen MR) is 131 cm³/mol. The van der Waals surface area contributed by atoms with E-state index in [1.54, 1.807) is 43.8 Å². The first kappa shape index (κ1) is 24.5. The van der Waals surface area contributed by atoms with Crippen LogP contribution < -0.4 is 30.7 Å². The number of carbonyl (C=O) groups is 2. The summed E-state index contributed by atoms with van der Waals surface area (Å²) in [6.07, 6.45) is 1.49. The van der Waals surface area contributed by atoms with E-state index in [1.807, 2.05) is 6.07 Å². The molecule has 3 rings (SSSR count). The Morgan fingerprint density at radius 2 is 2.09 bits per heavy atom. The van der Waals surface area contributed by atoms with Crippen molar-refractivity contribution < 1.29 is 9.59 Å². The van der Waals surface area contributed by atoms with Crippen LogP contribution in [0.25, 0.3) is 11.8 Å². The van der Waals surface area contributed by atoms with Gasteiger partial charge in [-0.2, -0.15) is 5.26 Å². The Kier molecular flexibility index (Phi) is 8.65. The number of aromatic nitrogens is 2. The molecular weight excluding hydrogens is 462 g/mol. The van der Waals surface area contributed by atoms with E-state index in [1.165, 1.54) is 10.8 Å². The third kappa shape index (κ3) is 6.22. The van der Waals surface area contributed by atoms with Crippen LogP contribution in [0.4, 0.5) is 11.6 Å². The standard InChI is InChI=1S/C21H25N7O3S2/c1-3-23-19(30)14(10-22)21-28(4-2)20(31)15(33-21)11-24-16-6-5-7-17(25-16)26-18(29)12-27-8-9-32-13-27/h5-7,11H,3-4,8-9,12-13H2,1-2H3,(H,23,30)(H2,24,25,26,29). The van der Waals surface area contributed by atoms with E-state index in [0.29, 0.717) is 40.5 Å². The van der Waals surface area contributed by atoms with Crippen LogP contribution in [0.3, 0.4) is 0 Å². The van der Waals surface area contributed by atoms with Crippen LogP contribution in [-0.2, 0) is 16.1 Å². The number of thioether (sulfide) groups is 1. The summed E-state index contributed by atoms with van der Waals surface area (Å²) in [4.78, 5) is 43.7. The molecule has 1 fully saturated rings. The molecule has 2 amide bonds. The second-order valence-electron chi connectivity index (χ2n) is 7.00. The number of nitrogens with one attached hydrogen (secondary N) is 3. The molecule has 0 aliphatic carbocycles. The van der Waals surface area contributed by atoms with Crippen LogP contribution in [0.1, 0.15) is 13.8 Å². The Labute approximate surface area is 199 Å². The molecule has 0 unspecified atom stereocenters. The molecule has 0 bridgehead atoms. The molecule has 12 heteroatoms. The van der Waals surface area contributed by atoms with Gasteiger partial charge in [-0.3, -0.25) is 23.9 Å². The fourth-order valence-electron chi connectivity index (χ4n) is 3.12. The second kappa shape index (κ2) is 11.6. The Hall–Kier alpha value is -3.14. The minimum absolute atomic E-state index is 0.0975. The van der Waals surface area contributed by atoms with Crippen molar-refractivity contribution in [2.75, 3.05) is 41.9 Å². The number of pyridine rings is 1. The third-order valence-corrected chi connectivity index (χ3v) is 6.82. The van der Waals surface area contributed by atoms with Gasteiger partial charge in [0.2, 0.25) is 5.91 Å². The number of thiazole rings is 1. The van der Waals surface area contributed by atoms with E-state index >= 15 is 0 Å². The van der Waals surface area contributed by atoms with Crippen LogP contribution in [0, 0.1) is 11.3 Å². The van der Waals surface area contributed by atoms with Gasteiger partial charge in [0.05, 0.1) is 6.54 Å². The van der Waals surface area contributed by atoms with Gasteiger partial charge in [-0.25, -0.2) is 4.98 Å². The molecule has 3 heterocycles. The number of hydrogen-bond donors (Lipinski definition) is 3. The van der Waals surface area contributed by atoms with E-state index in [2.05, 4.69) is 25.8 Å². The van der Waals surface area contributed by atoms with Crippen molar-refractivity contribution in [1.29, 1.82) is 5.26 Å². The second-order valence-corrected chi connectivity index (χ2v) is 9.11. The molecule has 3 N–H and O–H groups in total. The van der Waals surface area contributed by atoms with Crippen molar-refractivity contribution in [1.82, 2.24) is 19.8 Å². The quantitative estimate of drug-likeness (QED) is 0.472. The maximum absolute atomic E-state index is 12.8. The molecule has 1 saturated heterocycles. The highest BCUT2D eigenvalue weighted by Crippen LogP contribution is 2.13. The summed E-state index contributed by atoms with van der Waals surface area (Å²) in [6, 6.07) is 7.04. The van der Waals surface area contributed by atoms with Crippen molar-refractivity contribution in [2.24, 2.45) is 0 Å². The molecule has 0 saturated carbocycles. The smallest absolute Gasteiger partial charge is 0.270 e. The summed E-state index contributed by atoms with van der Waals surface area (Å²) in [6.45, 7) is 5.43. The summed E-state index contributed by atoms with van der Waals surface area (Å²) in [5.41, 5.74) is -0.408. The van der Waals surface area contributed by atoms with Crippen LogP contribution in [-0.4, -0.2) is 57.5 Å². The van der Waals surface area contributed by atoms with E-state index < -0.39 is 5.91 Å². The summed E-state index contributed by atoms with van der Waals surface area (Å²) in [5, 5.41) is 17.8. The maximum Gasteiger partial charge on any atom is 0.270 e. The monoisotopic (exact) mass is 487 g/mol. The lowest BCUT2D eigenvalue weighted by atomic mass is 10.3. The molecular formula is C21H25N7O3S2. The first-order valence-corrected chi connectivity index (χ1v) is 12.4. The Balaban J connectivity index is 1.82. The van der Waals surface area contributed by atoms with Gasteiger partial charge in [0, 0.05) is 37.5 Å². The SMILES string of the molecule is CCNC(=O)C(C#N)=c1sc(=CNc2cccc(NC(=O)CN3CCSC3)n2)c(=O)n1CC. The minimum Gasteiger partial charge on any atom is -0.352 e. The average molecular weight is 488 g/mol. The van der Waals surface area contributed by atoms with E-state index in [9.17, 15) is 19.6 Å². The molecule has 0 aromatic carbocycles. The van der Waals surface area contributed by atoms with Crippen LogP contribution in [0.5, 0.6) is 0 Å². The Morgan fingerprint density at radius 1 is 1.30 bits per heavy atom. The number of hydrogen-bond acceptors (Lipinski definition) is 9. The van der Waals surface area contributed by atoms with Gasteiger partial charge in [0.1, 0.15) is 26.9 Å². The van der Waals surface area contributed by atoms with Gasteiger partial charge in [-0.15, -0.1) is 23.1 Å². The lowest BCUT2D eigenvalue weighted by Crippen LogP contribution is -2.34. The first-order valence-electron chi connectivity index (χ1n) is 10.4. The van der Waals surface area contributed by atoms with Crippen molar-refractivity contribution >= 4 is 58.3 Å². The fraction of sp³-hybridized carbons (Fsp3) is 0.381. The Morgan fingerprint density at radius 3 is 2.76 bits per heavy atom. The molecule has 174 valence electrons. The topological polar surface area (TPSA) is 132 Å². The van der Waals surface area contributed by atoms with Crippen molar-refractivity contribution in [3.63, 3.8) is 0 Å². The normalized spacial score (nSPS) is 15.1. The zero-order chi connectivity index (χ0) is 23.8. The first-order chi connectivity index (χ1) is 16.0. The zero-order valence-electron chi connectivity index (χ0n) is 18.4. The zero-order valence-corrected chi connectivity index (χ0v) is 20.0. The van der Waals surface area contributed by atoms with E-state index in [0.717, 1.165) is 29.5 Å². The van der Waals surface area contributed by atoms with E-state index in [-0.39, 0.29) is 17.0 Å². The van der Waals surface area contributed by atoms with Gasteiger partial charge in [-0.1, -0.05) is 6.07 Å². The summed E-state index contributed by atoms with van der Waals surface area (Å²) >= 11 is 2.85. The highest BCUT2D eigenvalue weighted by atomic mass is 32.2. The number of nitrogens with zero attached hydrogens (tertiary/aromatic N) is 4. The van der Waals surface area contributed by atoms with Crippen LogP contribution in [0.15, 0.2) is 23.0 Å². The fourth-order valence-corrected chi connectivity index (χ4v) is 5.20. The molecule has 1 aliphatic rings. The maximum atomic E-state index is 12.8. The number of carbonyl (C=O) groups excluding carboxylic acids is 2. The van der Waals surface area contributed by atoms with Gasteiger partial charge >= 0.3 is 0 Å². The molecule has 2 aromatic rings. The molecule has 0 spiro atoms. The molecule has 10 nitrogen and oxygen atoms in total. The van der Waals surface area contributed by atoms with Gasteiger partial charge in [0.25, 0.3) is 11.5 Å². The average Bonchev–Trinajstić information content (AvgIpc) is 3.41. The predicted octanol–water partition coefficient (Wildman–Crippen LogP) is -0.0700. The van der Waals surface area contributed by atoms with E-state index in [4.69, 9.17) is 0 Å². The lowest BCUT2D eigenvalue weighted by Gasteiger charge is -2.13. The number of anilines is 2. The third-order valence-electron chi connectivity index (χ3n) is 4.67. The largest absolute Gasteiger partial charge is 0.352 e. The van der Waals surface area contributed by atoms with Crippen LogP contribution >= 0.6 is 23.1 Å². The number of amides is 2. The van der Waals surface area contributed by atoms with Crippen molar-refractivity contribution in [3.05, 3.63) is 37.7 Å². The van der Waals surface area contributed by atoms with Gasteiger partial charge in [-0.05, 0) is 26.0 Å². The lowest BCUT2D eigenvalue weighted by molar-refractivity contribution is -0.117. The molecule has 1 aliphatic heterocycles. The van der Waals surface area contributed by atoms with Crippen LogP contribution in [0.2, 0.25) is 0 Å². The number of nitriles is 1. The molecule has 0 radical (unpaired) electrons. The summed E-state index contributed by atoms with van der Waals surface area (Å²) < 4.78 is 2.02. The number of rotatable bonds is 8. The summed E-state index contributed by atoms with van der Waals surface area (Å²) in [7, 11) is 0. The summed E-state index contributed by atoms with van der Waals surface area (Å²) in [5.74, 6) is 2.07. The highest BCUT2D eigenvalue weighted by molar-refractivity contribution is 7.99. The molecule has 2 aromatic heterocycles. The minimum atomic E-state index is -0.513. The Bertz CT molecular complexity index is 1240. The molecule has 33 heavy (non-hydrogen) atoms. The van der Waals surface area contributed by atoms with Gasteiger partial charge in [0.15, 0.2) is 5.57 Å². The van der Waals surface area contributed by atoms with Crippen molar-refractivity contribution in [2.45, 2.75) is 20.4 Å². The molecule has 0 atom stereocenters. The highest BCUT2D eigenvalue weighted by Gasteiger charge is 2.16.